The molecule has 6 N–H and O–H groups in total. The molecule has 23 heavy (non-hydrogen) atoms. The summed E-state index contributed by atoms with van der Waals surface area (Å²) in [4.78, 5) is 28.3. The van der Waals surface area contributed by atoms with E-state index in [1.165, 1.54) is 12.1 Å². The summed E-state index contributed by atoms with van der Waals surface area (Å²) in [7, 11) is 0. The van der Waals surface area contributed by atoms with Gasteiger partial charge in [0.25, 0.3) is 5.69 Å². The minimum absolute atomic E-state index is 0.0249. The highest BCUT2D eigenvalue weighted by Gasteiger charge is 2.10. The molecular weight excluding hydrogens is 304 g/mol. The number of hydrogen-bond acceptors (Lipinski definition) is 10. The number of nitro benzene ring substituents is 1. The molecule has 0 saturated carbocycles. The molecule has 0 unspecified atom stereocenters. The van der Waals surface area contributed by atoms with Crippen molar-refractivity contribution in [3.63, 3.8) is 0 Å². The van der Waals surface area contributed by atoms with Gasteiger partial charge < -0.3 is 22.1 Å². The van der Waals surface area contributed by atoms with Crippen LogP contribution in [0.4, 0.5) is 34.6 Å². The number of nitrogens with zero attached hydrogens (tertiary/aromatic N) is 4. The first-order chi connectivity index (χ1) is 11.0. The SMILES string of the molecule is Nc1nc(NCCNc2ccc([N+](=O)[O-])cc2)nc(N)c1N=O. The number of nitrogens with one attached hydrogen (secondary N) is 2. The van der Waals surface area contributed by atoms with E-state index in [0.717, 1.165) is 5.69 Å². The maximum absolute atomic E-state index is 10.5. The Labute approximate surface area is 130 Å². The molecule has 1 heterocycles. The van der Waals surface area contributed by atoms with E-state index in [0.29, 0.717) is 13.1 Å². The molecule has 0 aliphatic heterocycles. The lowest BCUT2D eigenvalue weighted by Crippen LogP contribution is -2.16. The van der Waals surface area contributed by atoms with E-state index in [1.807, 2.05) is 0 Å². The van der Waals surface area contributed by atoms with E-state index in [-0.39, 0.29) is 29.0 Å². The van der Waals surface area contributed by atoms with Crippen molar-refractivity contribution in [2.75, 3.05) is 35.2 Å². The number of aromatic nitrogens is 2. The molecule has 0 fully saturated rings. The van der Waals surface area contributed by atoms with Crippen LogP contribution in [0.15, 0.2) is 29.4 Å². The van der Waals surface area contributed by atoms with Crippen LogP contribution in [0.1, 0.15) is 0 Å². The van der Waals surface area contributed by atoms with Gasteiger partial charge in [0, 0.05) is 30.9 Å². The van der Waals surface area contributed by atoms with E-state index in [4.69, 9.17) is 11.5 Å². The Morgan fingerprint density at radius 3 is 2.17 bits per heavy atom. The third-order valence-corrected chi connectivity index (χ3v) is 2.84. The summed E-state index contributed by atoms with van der Waals surface area (Å²) in [6.07, 6.45) is 0. The molecule has 11 heteroatoms. The van der Waals surface area contributed by atoms with Crippen molar-refractivity contribution in [3.8, 4) is 0 Å². The van der Waals surface area contributed by atoms with Gasteiger partial charge in [-0.05, 0) is 17.3 Å². The van der Waals surface area contributed by atoms with Crippen molar-refractivity contribution < 1.29 is 4.92 Å². The summed E-state index contributed by atoms with van der Waals surface area (Å²) in [6, 6.07) is 6.03. The van der Waals surface area contributed by atoms with Crippen LogP contribution in [0.3, 0.4) is 0 Å². The van der Waals surface area contributed by atoms with Crippen molar-refractivity contribution in [1.29, 1.82) is 0 Å². The van der Waals surface area contributed by atoms with Crippen LogP contribution in [-0.4, -0.2) is 28.0 Å². The van der Waals surface area contributed by atoms with E-state index < -0.39 is 4.92 Å². The largest absolute Gasteiger partial charge is 0.383 e. The highest BCUT2D eigenvalue weighted by atomic mass is 16.6. The molecule has 0 aliphatic carbocycles. The minimum Gasteiger partial charge on any atom is -0.383 e. The molecule has 2 rings (SSSR count). The summed E-state index contributed by atoms with van der Waals surface area (Å²) in [5, 5.41) is 19.1. The molecule has 0 saturated heterocycles. The van der Waals surface area contributed by atoms with Gasteiger partial charge in [0.05, 0.1) is 4.92 Å². The smallest absolute Gasteiger partial charge is 0.269 e. The van der Waals surface area contributed by atoms with Crippen LogP contribution in [0.5, 0.6) is 0 Å². The Kier molecular flexibility index (Phi) is 4.82. The summed E-state index contributed by atoms with van der Waals surface area (Å²) in [6.45, 7) is 0.929. The third kappa shape index (κ3) is 4.00. The standard InChI is InChI=1S/C12H14N8O3/c13-10-9(19-21)11(14)18-12(17-10)16-6-5-15-7-1-3-8(4-2-7)20(22)23/h1-4,15H,5-6H2,(H5,13,14,16,17,18). The number of nitrogen functional groups attached to an aromatic ring is 2. The van der Waals surface area contributed by atoms with Crippen LogP contribution in [0.25, 0.3) is 0 Å². The second kappa shape index (κ2) is 6.98. The summed E-state index contributed by atoms with van der Waals surface area (Å²) in [5.74, 6) is -0.0189. The van der Waals surface area contributed by atoms with Crippen LogP contribution in [-0.2, 0) is 0 Å². The molecule has 0 bridgehead atoms. The number of nitrogens with two attached hydrogens (primary N) is 2. The van der Waals surface area contributed by atoms with E-state index in [9.17, 15) is 15.0 Å². The fourth-order valence-corrected chi connectivity index (χ4v) is 1.75. The first-order valence-electron chi connectivity index (χ1n) is 6.50. The van der Waals surface area contributed by atoms with Crippen molar-refractivity contribution in [1.82, 2.24) is 9.97 Å². The minimum atomic E-state index is -0.463. The summed E-state index contributed by atoms with van der Waals surface area (Å²) < 4.78 is 0. The number of anilines is 4. The number of benzene rings is 1. The lowest BCUT2D eigenvalue weighted by Gasteiger charge is -2.09. The summed E-state index contributed by atoms with van der Waals surface area (Å²) >= 11 is 0. The lowest BCUT2D eigenvalue weighted by molar-refractivity contribution is -0.384. The zero-order chi connectivity index (χ0) is 16.8. The highest BCUT2D eigenvalue weighted by Crippen LogP contribution is 2.26. The fourth-order valence-electron chi connectivity index (χ4n) is 1.75. The third-order valence-electron chi connectivity index (χ3n) is 2.84. The van der Waals surface area contributed by atoms with E-state index in [1.54, 1.807) is 12.1 Å². The van der Waals surface area contributed by atoms with Gasteiger partial charge in [-0.2, -0.15) is 9.97 Å². The molecule has 11 nitrogen and oxygen atoms in total. The quantitative estimate of drug-likeness (QED) is 0.255. The Balaban J connectivity index is 1.86. The molecule has 0 amide bonds. The van der Waals surface area contributed by atoms with Gasteiger partial charge >= 0.3 is 0 Å². The van der Waals surface area contributed by atoms with E-state index in [2.05, 4.69) is 25.8 Å². The van der Waals surface area contributed by atoms with Crippen LogP contribution < -0.4 is 22.1 Å². The number of nitro groups is 1. The van der Waals surface area contributed by atoms with E-state index >= 15 is 0 Å². The topological polar surface area (TPSA) is 174 Å². The Bertz CT molecular complexity index is 696. The lowest BCUT2D eigenvalue weighted by atomic mass is 10.3. The Morgan fingerprint density at radius 1 is 1.09 bits per heavy atom. The molecule has 120 valence electrons. The Morgan fingerprint density at radius 2 is 1.65 bits per heavy atom. The number of hydrogen-bond donors (Lipinski definition) is 4. The molecule has 2 aromatic rings. The Hall–Kier alpha value is -3.50. The van der Waals surface area contributed by atoms with Crippen molar-refractivity contribution in [3.05, 3.63) is 39.3 Å². The van der Waals surface area contributed by atoms with Gasteiger partial charge in [-0.25, -0.2) is 0 Å². The number of non-ortho nitro benzene ring substituents is 1. The molecule has 0 spiro atoms. The van der Waals surface area contributed by atoms with Gasteiger partial charge in [0.2, 0.25) is 5.95 Å². The van der Waals surface area contributed by atoms with Crippen LogP contribution in [0, 0.1) is 15.0 Å². The normalized spacial score (nSPS) is 10.1. The average molecular weight is 318 g/mol. The predicted octanol–water partition coefficient (Wildman–Crippen LogP) is 1.47. The summed E-state index contributed by atoms with van der Waals surface area (Å²) in [5.41, 5.74) is 11.6. The zero-order valence-electron chi connectivity index (χ0n) is 11.9. The number of rotatable bonds is 7. The molecule has 1 aromatic carbocycles. The van der Waals surface area contributed by atoms with Gasteiger partial charge in [-0.1, -0.05) is 0 Å². The number of nitroso groups, excluding NO2 is 1. The molecule has 0 radical (unpaired) electrons. The molecule has 0 aliphatic rings. The van der Waals surface area contributed by atoms with Crippen molar-refractivity contribution >= 4 is 34.6 Å². The van der Waals surface area contributed by atoms with Crippen LogP contribution in [0.2, 0.25) is 0 Å². The molecule has 1 aromatic heterocycles. The predicted molar refractivity (Wildman–Crippen MR) is 86.4 cm³/mol. The second-order valence-corrected chi connectivity index (χ2v) is 4.42. The van der Waals surface area contributed by atoms with Crippen molar-refractivity contribution in [2.45, 2.75) is 0 Å². The second-order valence-electron chi connectivity index (χ2n) is 4.42. The zero-order valence-corrected chi connectivity index (χ0v) is 11.9. The fraction of sp³-hybridized carbons (Fsp3) is 0.167. The van der Waals surface area contributed by atoms with Gasteiger partial charge in [-0.15, -0.1) is 4.91 Å². The molecular formula is C12H14N8O3. The average Bonchev–Trinajstić information content (AvgIpc) is 2.52. The monoisotopic (exact) mass is 318 g/mol. The van der Waals surface area contributed by atoms with Gasteiger partial charge in [0.1, 0.15) is 0 Å². The maximum Gasteiger partial charge on any atom is 0.269 e. The first-order valence-corrected chi connectivity index (χ1v) is 6.50. The maximum atomic E-state index is 10.5. The van der Waals surface area contributed by atoms with Crippen LogP contribution >= 0.6 is 0 Å². The molecule has 0 atom stereocenters. The van der Waals surface area contributed by atoms with Crippen molar-refractivity contribution in [2.24, 2.45) is 5.18 Å². The van der Waals surface area contributed by atoms with Gasteiger partial charge in [0.15, 0.2) is 17.3 Å². The first kappa shape index (κ1) is 15.9. The van der Waals surface area contributed by atoms with Gasteiger partial charge in [-0.3, -0.25) is 10.1 Å². The highest BCUT2D eigenvalue weighted by molar-refractivity contribution is 5.71.